The highest BCUT2D eigenvalue weighted by Gasteiger charge is 2.08. The van der Waals surface area contributed by atoms with Gasteiger partial charge in [-0.15, -0.1) is 0 Å². The van der Waals surface area contributed by atoms with E-state index in [-0.39, 0.29) is 10.9 Å². The summed E-state index contributed by atoms with van der Waals surface area (Å²) in [6, 6.07) is 7.19. The number of hydrogen-bond donors (Lipinski definition) is 2. The van der Waals surface area contributed by atoms with E-state index in [0.29, 0.717) is 17.1 Å². The smallest absolute Gasteiger partial charge is 0.257 e. The van der Waals surface area contributed by atoms with Gasteiger partial charge in [0.05, 0.1) is 5.56 Å². The summed E-state index contributed by atoms with van der Waals surface area (Å²) in [6.07, 6.45) is 1.45. The molecule has 0 radical (unpaired) electrons. The first-order chi connectivity index (χ1) is 9.58. The summed E-state index contributed by atoms with van der Waals surface area (Å²) in [5.74, 6) is -0.187. The molecule has 104 valence electrons. The van der Waals surface area contributed by atoms with Gasteiger partial charge in [0.15, 0.2) is 0 Å². The molecule has 4 nitrogen and oxygen atoms in total. The molecule has 0 fully saturated rings. The maximum absolute atomic E-state index is 13.2. The largest absolute Gasteiger partial charge is 0.370 e. The maximum Gasteiger partial charge on any atom is 0.257 e. The van der Waals surface area contributed by atoms with Crippen LogP contribution in [0.15, 0.2) is 36.5 Å². The SMILES string of the molecule is CCNc1ccc(C(=O)Nc2cc(F)cc(Cl)c2)cn1. The van der Waals surface area contributed by atoms with Crippen LogP contribution in [0.2, 0.25) is 5.02 Å². The van der Waals surface area contributed by atoms with Crippen molar-refractivity contribution in [1.82, 2.24) is 4.98 Å². The van der Waals surface area contributed by atoms with Crippen molar-refractivity contribution in [2.24, 2.45) is 0 Å². The van der Waals surface area contributed by atoms with Gasteiger partial charge >= 0.3 is 0 Å². The van der Waals surface area contributed by atoms with Crippen LogP contribution in [0.25, 0.3) is 0 Å². The van der Waals surface area contributed by atoms with Crippen molar-refractivity contribution in [3.63, 3.8) is 0 Å². The van der Waals surface area contributed by atoms with E-state index in [1.54, 1.807) is 12.1 Å². The molecule has 0 atom stereocenters. The average Bonchev–Trinajstić information content (AvgIpc) is 2.38. The van der Waals surface area contributed by atoms with E-state index < -0.39 is 5.82 Å². The summed E-state index contributed by atoms with van der Waals surface area (Å²) in [5, 5.41) is 5.82. The quantitative estimate of drug-likeness (QED) is 0.906. The Bertz CT molecular complexity index is 596. The maximum atomic E-state index is 13.2. The number of halogens is 2. The van der Waals surface area contributed by atoms with Gasteiger partial charge in [-0.25, -0.2) is 9.37 Å². The molecule has 2 aromatic rings. The van der Waals surface area contributed by atoms with E-state index >= 15 is 0 Å². The highest BCUT2D eigenvalue weighted by molar-refractivity contribution is 6.31. The molecular formula is C14H13ClFN3O. The Kier molecular flexibility index (Phi) is 4.53. The van der Waals surface area contributed by atoms with Gasteiger partial charge in [-0.1, -0.05) is 11.6 Å². The fraction of sp³-hybridized carbons (Fsp3) is 0.143. The normalized spacial score (nSPS) is 10.2. The molecule has 0 spiro atoms. The van der Waals surface area contributed by atoms with Crippen molar-refractivity contribution in [2.75, 3.05) is 17.2 Å². The summed E-state index contributed by atoms with van der Waals surface area (Å²) < 4.78 is 13.2. The van der Waals surface area contributed by atoms with E-state index in [4.69, 9.17) is 11.6 Å². The number of anilines is 2. The molecule has 20 heavy (non-hydrogen) atoms. The Labute approximate surface area is 121 Å². The molecule has 0 bridgehead atoms. The molecule has 0 saturated carbocycles. The number of carbonyl (C=O) groups excluding carboxylic acids is 1. The van der Waals surface area contributed by atoms with Gasteiger partial charge in [-0.3, -0.25) is 4.79 Å². The van der Waals surface area contributed by atoms with Gasteiger partial charge in [0, 0.05) is 23.5 Å². The number of pyridine rings is 1. The van der Waals surface area contributed by atoms with Crippen molar-refractivity contribution in [2.45, 2.75) is 6.92 Å². The predicted octanol–water partition coefficient (Wildman–Crippen LogP) is 3.56. The third kappa shape index (κ3) is 3.68. The molecule has 2 rings (SSSR count). The minimum absolute atomic E-state index is 0.223. The van der Waals surface area contributed by atoms with Crippen LogP contribution in [0.3, 0.4) is 0 Å². The minimum Gasteiger partial charge on any atom is -0.370 e. The van der Waals surface area contributed by atoms with E-state index in [2.05, 4.69) is 15.6 Å². The highest BCUT2D eigenvalue weighted by atomic mass is 35.5. The lowest BCUT2D eigenvalue weighted by molar-refractivity contribution is 0.102. The number of aromatic nitrogens is 1. The second kappa shape index (κ2) is 6.34. The first kappa shape index (κ1) is 14.3. The van der Waals surface area contributed by atoms with Gasteiger partial charge in [-0.2, -0.15) is 0 Å². The zero-order valence-electron chi connectivity index (χ0n) is 10.8. The molecule has 0 aliphatic carbocycles. The van der Waals surface area contributed by atoms with Crippen LogP contribution in [0, 0.1) is 5.82 Å². The molecular weight excluding hydrogens is 281 g/mol. The molecule has 1 amide bonds. The molecule has 2 N–H and O–H groups in total. The van der Waals surface area contributed by atoms with Crippen molar-refractivity contribution >= 4 is 29.0 Å². The van der Waals surface area contributed by atoms with Gasteiger partial charge in [0.2, 0.25) is 0 Å². The Balaban J connectivity index is 2.11. The summed E-state index contributed by atoms with van der Waals surface area (Å²) in [4.78, 5) is 16.1. The van der Waals surface area contributed by atoms with E-state index in [0.717, 1.165) is 6.54 Å². The minimum atomic E-state index is -0.506. The van der Waals surface area contributed by atoms with Crippen molar-refractivity contribution in [1.29, 1.82) is 0 Å². The van der Waals surface area contributed by atoms with Crippen LogP contribution < -0.4 is 10.6 Å². The third-order valence-corrected chi connectivity index (χ3v) is 2.72. The summed E-state index contributed by atoms with van der Waals surface area (Å²) in [7, 11) is 0. The zero-order valence-corrected chi connectivity index (χ0v) is 11.5. The molecule has 0 unspecified atom stereocenters. The van der Waals surface area contributed by atoms with E-state index in [9.17, 15) is 9.18 Å². The lowest BCUT2D eigenvalue weighted by Crippen LogP contribution is -2.12. The van der Waals surface area contributed by atoms with Crippen LogP contribution in [0.5, 0.6) is 0 Å². The molecule has 1 heterocycles. The van der Waals surface area contributed by atoms with Crippen LogP contribution >= 0.6 is 11.6 Å². The number of carbonyl (C=O) groups is 1. The first-order valence-corrected chi connectivity index (χ1v) is 6.43. The molecule has 0 aliphatic rings. The molecule has 1 aromatic heterocycles. The van der Waals surface area contributed by atoms with Gasteiger partial charge < -0.3 is 10.6 Å². The lowest BCUT2D eigenvalue weighted by Gasteiger charge is -2.07. The number of amides is 1. The number of nitrogens with one attached hydrogen (secondary N) is 2. The van der Waals surface area contributed by atoms with Crippen LogP contribution in [-0.2, 0) is 0 Å². The molecule has 0 saturated heterocycles. The van der Waals surface area contributed by atoms with Crippen LogP contribution in [-0.4, -0.2) is 17.4 Å². The Hall–Kier alpha value is -2.14. The molecule has 0 aliphatic heterocycles. The molecule has 6 heteroatoms. The lowest BCUT2D eigenvalue weighted by atomic mass is 10.2. The number of hydrogen-bond acceptors (Lipinski definition) is 3. The summed E-state index contributed by atoms with van der Waals surface area (Å²) in [5.41, 5.74) is 0.683. The monoisotopic (exact) mass is 293 g/mol. The fourth-order valence-electron chi connectivity index (χ4n) is 1.64. The Morgan fingerprint density at radius 2 is 2.15 bits per heavy atom. The fourth-order valence-corrected chi connectivity index (χ4v) is 1.86. The zero-order chi connectivity index (χ0) is 14.5. The second-order valence-corrected chi connectivity index (χ2v) is 4.51. The first-order valence-electron chi connectivity index (χ1n) is 6.06. The topological polar surface area (TPSA) is 54.0 Å². The van der Waals surface area contributed by atoms with Gasteiger partial charge in [-0.05, 0) is 37.3 Å². The van der Waals surface area contributed by atoms with Gasteiger partial charge in [0.1, 0.15) is 11.6 Å². The average molecular weight is 294 g/mol. The van der Waals surface area contributed by atoms with E-state index in [1.807, 2.05) is 6.92 Å². The standard InChI is InChI=1S/C14H13ClFN3O/c1-2-17-13-4-3-9(8-18-13)14(20)19-12-6-10(15)5-11(16)7-12/h3-8H,2H2,1H3,(H,17,18)(H,19,20). The Morgan fingerprint density at radius 3 is 2.75 bits per heavy atom. The summed E-state index contributed by atoms with van der Waals surface area (Å²) >= 11 is 5.72. The number of nitrogens with zero attached hydrogens (tertiary/aromatic N) is 1. The predicted molar refractivity (Wildman–Crippen MR) is 77.8 cm³/mol. The second-order valence-electron chi connectivity index (χ2n) is 4.07. The molecule has 1 aromatic carbocycles. The third-order valence-electron chi connectivity index (χ3n) is 2.50. The number of rotatable bonds is 4. The highest BCUT2D eigenvalue weighted by Crippen LogP contribution is 2.18. The van der Waals surface area contributed by atoms with Crippen LogP contribution in [0.1, 0.15) is 17.3 Å². The summed E-state index contributed by atoms with van der Waals surface area (Å²) in [6.45, 7) is 2.70. The van der Waals surface area contributed by atoms with Crippen LogP contribution in [0.4, 0.5) is 15.9 Å². The van der Waals surface area contributed by atoms with E-state index in [1.165, 1.54) is 24.4 Å². The van der Waals surface area contributed by atoms with Crippen molar-refractivity contribution in [3.8, 4) is 0 Å². The van der Waals surface area contributed by atoms with Crippen molar-refractivity contribution < 1.29 is 9.18 Å². The Morgan fingerprint density at radius 1 is 1.35 bits per heavy atom. The van der Waals surface area contributed by atoms with Crippen molar-refractivity contribution in [3.05, 3.63) is 52.9 Å². The van der Waals surface area contributed by atoms with Gasteiger partial charge in [0.25, 0.3) is 5.91 Å². The number of benzene rings is 1.